The van der Waals surface area contributed by atoms with Gasteiger partial charge in [-0.2, -0.15) is 0 Å². The maximum atomic E-state index is 14.0. The molecule has 0 saturated carbocycles. The largest absolute Gasteiger partial charge is 0.464 e. The van der Waals surface area contributed by atoms with Gasteiger partial charge in [-0.25, -0.2) is 13.2 Å². The van der Waals surface area contributed by atoms with E-state index < -0.39 is 23.5 Å². The molecule has 0 saturated heterocycles. The van der Waals surface area contributed by atoms with Crippen molar-refractivity contribution in [2.45, 2.75) is 32.7 Å². The zero-order chi connectivity index (χ0) is 15.4. The summed E-state index contributed by atoms with van der Waals surface area (Å²) in [6.45, 7) is 4.51. The van der Waals surface area contributed by atoms with E-state index in [0.717, 1.165) is 18.2 Å². The van der Waals surface area contributed by atoms with Crippen LogP contribution in [0.3, 0.4) is 0 Å². The molecule has 2 rings (SSSR count). The van der Waals surface area contributed by atoms with E-state index in [2.05, 4.69) is 5.32 Å². The van der Waals surface area contributed by atoms with E-state index >= 15 is 0 Å². The monoisotopic (exact) mass is 297 g/mol. The smallest absolute Gasteiger partial charge is 0.194 e. The maximum Gasteiger partial charge on any atom is 0.194 e. The Labute approximate surface area is 122 Å². The molecule has 1 unspecified atom stereocenters. The third-order valence-corrected chi connectivity index (χ3v) is 3.29. The summed E-state index contributed by atoms with van der Waals surface area (Å²) >= 11 is 0. The third kappa shape index (κ3) is 3.29. The van der Waals surface area contributed by atoms with E-state index in [9.17, 15) is 13.2 Å². The molecule has 0 aliphatic carbocycles. The standard InChI is InChI=1S/C16H18F3NO/c1-3-9-20-16(13-8-5-10(4-2)21-13)11-6-7-12(17)15(19)14(11)18/h5-8,16,20H,3-4,9H2,1-2H3. The van der Waals surface area contributed by atoms with Crippen LogP contribution in [0.1, 0.15) is 43.4 Å². The zero-order valence-corrected chi connectivity index (χ0v) is 12.1. The Morgan fingerprint density at radius 2 is 1.81 bits per heavy atom. The molecule has 21 heavy (non-hydrogen) atoms. The van der Waals surface area contributed by atoms with Gasteiger partial charge in [0.1, 0.15) is 11.5 Å². The van der Waals surface area contributed by atoms with Crippen LogP contribution in [0.15, 0.2) is 28.7 Å². The highest BCUT2D eigenvalue weighted by Crippen LogP contribution is 2.28. The van der Waals surface area contributed by atoms with Crippen molar-refractivity contribution >= 4 is 0 Å². The molecule has 1 aromatic heterocycles. The number of rotatable bonds is 6. The average Bonchev–Trinajstić information content (AvgIpc) is 2.96. The lowest BCUT2D eigenvalue weighted by molar-refractivity contribution is 0.398. The molecule has 0 aliphatic rings. The lowest BCUT2D eigenvalue weighted by Gasteiger charge is -2.18. The molecular formula is C16H18F3NO. The molecule has 0 radical (unpaired) electrons. The van der Waals surface area contributed by atoms with Gasteiger partial charge in [-0.3, -0.25) is 0 Å². The van der Waals surface area contributed by atoms with Gasteiger partial charge < -0.3 is 9.73 Å². The third-order valence-electron chi connectivity index (χ3n) is 3.29. The average molecular weight is 297 g/mol. The van der Waals surface area contributed by atoms with E-state index in [0.29, 0.717) is 18.7 Å². The molecule has 114 valence electrons. The second-order valence-corrected chi connectivity index (χ2v) is 4.81. The topological polar surface area (TPSA) is 25.2 Å². The van der Waals surface area contributed by atoms with Crippen LogP contribution in [-0.4, -0.2) is 6.54 Å². The number of nitrogens with one attached hydrogen (secondary N) is 1. The van der Waals surface area contributed by atoms with Gasteiger partial charge in [-0.05, 0) is 31.2 Å². The van der Waals surface area contributed by atoms with Gasteiger partial charge >= 0.3 is 0 Å². The maximum absolute atomic E-state index is 14.0. The fourth-order valence-electron chi connectivity index (χ4n) is 2.16. The van der Waals surface area contributed by atoms with Crippen LogP contribution in [-0.2, 0) is 6.42 Å². The predicted molar refractivity (Wildman–Crippen MR) is 74.5 cm³/mol. The van der Waals surface area contributed by atoms with Crippen LogP contribution in [0.25, 0.3) is 0 Å². The number of hydrogen-bond donors (Lipinski definition) is 1. The highest BCUT2D eigenvalue weighted by molar-refractivity contribution is 5.30. The van der Waals surface area contributed by atoms with Gasteiger partial charge in [0.15, 0.2) is 17.5 Å². The van der Waals surface area contributed by atoms with Crippen LogP contribution in [0, 0.1) is 17.5 Å². The van der Waals surface area contributed by atoms with Crippen molar-refractivity contribution in [2.75, 3.05) is 6.54 Å². The van der Waals surface area contributed by atoms with Crippen LogP contribution in [0.5, 0.6) is 0 Å². The Morgan fingerprint density at radius 3 is 2.43 bits per heavy atom. The Kier molecular flexibility index (Phi) is 5.07. The molecule has 1 heterocycles. The van der Waals surface area contributed by atoms with E-state index in [1.165, 1.54) is 6.07 Å². The fraction of sp³-hybridized carbons (Fsp3) is 0.375. The Hall–Kier alpha value is -1.75. The first-order chi connectivity index (χ1) is 10.1. The second kappa shape index (κ2) is 6.80. The summed E-state index contributed by atoms with van der Waals surface area (Å²) in [6, 6.07) is 5.06. The van der Waals surface area contributed by atoms with Gasteiger partial charge in [0, 0.05) is 12.0 Å². The number of halogens is 3. The van der Waals surface area contributed by atoms with E-state index in [1.807, 2.05) is 13.8 Å². The van der Waals surface area contributed by atoms with Gasteiger partial charge in [0.05, 0.1) is 6.04 Å². The van der Waals surface area contributed by atoms with Crippen molar-refractivity contribution < 1.29 is 17.6 Å². The molecule has 2 nitrogen and oxygen atoms in total. The highest BCUT2D eigenvalue weighted by atomic mass is 19.2. The molecule has 1 aromatic carbocycles. The van der Waals surface area contributed by atoms with Gasteiger partial charge in [0.25, 0.3) is 0 Å². The molecular weight excluding hydrogens is 279 g/mol. The van der Waals surface area contributed by atoms with E-state index in [1.54, 1.807) is 12.1 Å². The quantitative estimate of drug-likeness (QED) is 0.802. The summed E-state index contributed by atoms with van der Waals surface area (Å²) in [5, 5.41) is 3.10. The van der Waals surface area contributed by atoms with Crippen molar-refractivity contribution in [3.05, 3.63) is 58.8 Å². The Morgan fingerprint density at radius 1 is 1.05 bits per heavy atom. The van der Waals surface area contributed by atoms with Crippen molar-refractivity contribution in [3.63, 3.8) is 0 Å². The normalized spacial score (nSPS) is 12.6. The molecule has 0 spiro atoms. The van der Waals surface area contributed by atoms with Gasteiger partial charge in [-0.1, -0.05) is 19.9 Å². The summed E-state index contributed by atoms with van der Waals surface area (Å²) in [7, 11) is 0. The predicted octanol–water partition coefficient (Wildman–Crippen LogP) is 4.35. The van der Waals surface area contributed by atoms with Gasteiger partial charge in [-0.15, -0.1) is 0 Å². The van der Waals surface area contributed by atoms with Gasteiger partial charge in [0.2, 0.25) is 0 Å². The summed E-state index contributed by atoms with van der Waals surface area (Å²) in [4.78, 5) is 0. The number of benzene rings is 1. The first-order valence-electron chi connectivity index (χ1n) is 7.03. The van der Waals surface area contributed by atoms with E-state index in [-0.39, 0.29) is 5.56 Å². The van der Waals surface area contributed by atoms with Crippen molar-refractivity contribution in [3.8, 4) is 0 Å². The number of furan rings is 1. The summed E-state index contributed by atoms with van der Waals surface area (Å²) in [5.41, 5.74) is 0.0411. The van der Waals surface area contributed by atoms with Crippen molar-refractivity contribution in [1.82, 2.24) is 5.32 Å². The molecule has 0 amide bonds. The SMILES string of the molecule is CCCNC(c1ccc(CC)o1)c1ccc(F)c(F)c1F. The van der Waals surface area contributed by atoms with E-state index in [4.69, 9.17) is 4.42 Å². The first kappa shape index (κ1) is 15.6. The highest BCUT2D eigenvalue weighted by Gasteiger charge is 2.24. The molecule has 2 aromatic rings. The zero-order valence-electron chi connectivity index (χ0n) is 12.1. The van der Waals surface area contributed by atoms with Crippen LogP contribution >= 0.6 is 0 Å². The van der Waals surface area contributed by atoms with Crippen LogP contribution in [0.2, 0.25) is 0 Å². The summed E-state index contributed by atoms with van der Waals surface area (Å²) in [6.07, 6.45) is 1.53. The van der Waals surface area contributed by atoms with Crippen molar-refractivity contribution in [1.29, 1.82) is 0 Å². The summed E-state index contributed by atoms with van der Waals surface area (Å²) in [5.74, 6) is -2.59. The lowest BCUT2D eigenvalue weighted by Crippen LogP contribution is -2.24. The van der Waals surface area contributed by atoms with Crippen LogP contribution < -0.4 is 5.32 Å². The van der Waals surface area contributed by atoms with Crippen molar-refractivity contribution in [2.24, 2.45) is 0 Å². The Balaban J connectivity index is 2.42. The minimum absolute atomic E-state index is 0.0411. The molecule has 0 aliphatic heterocycles. The minimum atomic E-state index is -1.46. The number of hydrogen-bond acceptors (Lipinski definition) is 2. The Bertz CT molecular complexity index is 610. The molecule has 1 N–H and O–H groups in total. The lowest BCUT2D eigenvalue weighted by atomic mass is 10.0. The molecule has 0 fully saturated rings. The molecule has 5 heteroatoms. The number of aryl methyl sites for hydroxylation is 1. The summed E-state index contributed by atoms with van der Waals surface area (Å²) < 4.78 is 46.2. The fourth-order valence-corrected chi connectivity index (χ4v) is 2.16. The molecule has 1 atom stereocenters. The minimum Gasteiger partial charge on any atom is -0.464 e. The first-order valence-corrected chi connectivity index (χ1v) is 7.03. The molecule has 0 bridgehead atoms. The van der Waals surface area contributed by atoms with Crippen LogP contribution in [0.4, 0.5) is 13.2 Å². The second-order valence-electron chi connectivity index (χ2n) is 4.81.